The molecule has 10 heteroatoms. The van der Waals surface area contributed by atoms with Gasteiger partial charge in [0.15, 0.2) is 5.43 Å². The summed E-state index contributed by atoms with van der Waals surface area (Å²) in [4.78, 5) is 46.1. The van der Waals surface area contributed by atoms with Crippen molar-refractivity contribution in [1.29, 1.82) is 0 Å². The first kappa shape index (κ1) is 27.3. The first-order valence-corrected chi connectivity index (χ1v) is 13.8. The summed E-state index contributed by atoms with van der Waals surface area (Å²) in [6.45, 7) is 4.43. The summed E-state index contributed by atoms with van der Waals surface area (Å²) in [6.07, 6.45) is 3.14. The zero-order chi connectivity index (χ0) is 27.4. The highest BCUT2D eigenvalue weighted by molar-refractivity contribution is 5.99. The van der Waals surface area contributed by atoms with E-state index >= 15 is 0 Å². The van der Waals surface area contributed by atoms with E-state index < -0.39 is 0 Å². The van der Waals surface area contributed by atoms with E-state index in [1.165, 1.54) is 0 Å². The quantitative estimate of drug-likeness (QED) is 0.279. The third-order valence-electron chi connectivity index (χ3n) is 7.79. The highest BCUT2D eigenvalue weighted by Gasteiger charge is 2.19. The van der Waals surface area contributed by atoms with Crippen molar-refractivity contribution in [3.63, 3.8) is 0 Å². The smallest absolute Gasteiger partial charge is 0.225 e. The zero-order valence-corrected chi connectivity index (χ0v) is 22.1. The van der Waals surface area contributed by atoms with Crippen LogP contribution >= 0.6 is 0 Å². The first-order valence-electron chi connectivity index (χ1n) is 13.8. The highest BCUT2D eigenvalue weighted by atomic mass is 16.3. The van der Waals surface area contributed by atoms with Crippen molar-refractivity contribution in [1.82, 2.24) is 14.8 Å². The van der Waals surface area contributed by atoms with Crippen LogP contribution in [0.4, 0.5) is 11.4 Å². The minimum Gasteiger partial charge on any atom is -0.393 e. The van der Waals surface area contributed by atoms with Gasteiger partial charge in [-0.15, -0.1) is 0 Å². The number of piperidine rings is 2. The fraction of sp³-hybridized carbons (Fsp3) is 0.483. The number of amides is 2. The van der Waals surface area contributed by atoms with Crippen LogP contribution in [-0.4, -0.2) is 88.3 Å². The van der Waals surface area contributed by atoms with Crippen LogP contribution in [-0.2, 0) is 9.59 Å². The number of aromatic nitrogens is 1. The van der Waals surface area contributed by atoms with Gasteiger partial charge >= 0.3 is 0 Å². The van der Waals surface area contributed by atoms with Crippen molar-refractivity contribution in [2.75, 3.05) is 49.9 Å². The summed E-state index contributed by atoms with van der Waals surface area (Å²) >= 11 is 0. The van der Waals surface area contributed by atoms with Gasteiger partial charge in [0.2, 0.25) is 11.8 Å². The van der Waals surface area contributed by atoms with Gasteiger partial charge in [0.05, 0.1) is 12.2 Å². The molecule has 10 nitrogen and oxygen atoms in total. The van der Waals surface area contributed by atoms with E-state index in [0.717, 1.165) is 51.9 Å². The molecule has 0 aliphatic carbocycles. The molecule has 2 fully saturated rings. The molecule has 5 N–H and O–H groups in total. The first-order chi connectivity index (χ1) is 18.8. The number of pyridine rings is 1. The Morgan fingerprint density at radius 1 is 0.744 bits per heavy atom. The molecule has 3 heterocycles. The Balaban J connectivity index is 1.23. The van der Waals surface area contributed by atoms with E-state index in [1.807, 2.05) is 0 Å². The summed E-state index contributed by atoms with van der Waals surface area (Å²) in [7, 11) is 0. The fourth-order valence-corrected chi connectivity index (χ4v) is 5.38. The molecule has 2 aliphatic rings. The molecule has 1 aromatic heterocycles. The lowest BCUT2D eigenvalue weighted by atomic mass is 10.1. The molecule has 2 aliphatic heterocycles. The lowest BCUT2D eigenvalue weighted by Gasteiger charge is -2.29. The highest BCUT2D eigenvalue weighted by Crippen LogP contribution is 2.22. The molecule has 0 bridgehead atoms. The summed E-state index contributed by atoms with van der Waals surface area (Å²) in [5.74, 6) is -0.244. The maximum atomic E-state index is 13.4. The lowest BCUT2D eigenvalue weighted by Crippen LogP contribution is -2.37. The van der Waals surface area contributed by atoms with Crippen molar-refractivity contribution in [3.05, 3.63) is 46.6 Å². The number of H-pyrrole nitrogens is 1. The second-order valence-electron chi connectivity index (χ2n) is 10.7. The largest absolute Gasteiger partial charge is 0.393 e. The van der Waals surface area contributed by atoms with Crippen LogP contribution in [0.1, 0.15) is 38.5 Å². The van der Waals surface area contributed by atoms with Gasteiger partial charge in [0.25, 0.3) is 0 Å². The predicted octanol–water partition coefficient (Wildman–Crippen LogP) is 2.25. The van der Waals surface area contributed by atoms with Gasteiger partial charge in [-0.2, -0.15) is 0 Å². The number of aromatic amines is 1. The number of anilines is 2. The van der Waals surface area contributed by atoms with Crippen LogP contribution in [0, 0.1) is 0 Å². The molecule has 0 spiro atoms. The van der Waals surface area contributed by atoms with E-state index in [4.69, 9.17) is 0 Å². The van der Waals surface area contributed by atoms with E-state index in [0.29, 0.717) is 59.1 Å². The Morgan fingerprint density at radius 2 is 1.15 bits per heavy atom. The molecule has 2 aromatic carbocycles. The van der Waals surface area contributed by atoms with E-state index in [1.54, 1.807) is 36.4 Å². The molecule has 0 unspecified atom stereocenters. The number of hydrogen-bond acceptors (Lipinski definition) is 7. The maximum absolute atomic E-state index is 13.4. The molecule has 2 amide bonds. The van der Waals surface area contributed by atoms with Crippen molar-refractivity contribution >= 4 is 45.0 Å². The van der Waals surface area contributed by atoms with E-state index in [9.17, 15) is 24.6 Å². The van der Waals surface area contributed by atoms with Crippen molar-refractivity contribution in [3.8, 4) is 0 Å². The zero-order valence-electron chi connectivity index (χ0n) is 22.1. The van der Waals surface area contributed by atoms with Crippen LogP contribution in [0.15, 0.2) is 41.2 Å². The minimum absolute atomic E-state index is 0.122. The number of hydrogen-bond donors (Lipinski definition) is 5. The summed E-state index contributed by atoms with van der Waals surface area (Å²) in [5.41, 5.74) is 2.27. The second-order valence-corrected chi connectivity index (χ2v) is 10.7. The molecule has 2 saturated heterocycles. The van der Waals surface area contributed by atoms with E-state index in [-0.39, 0.29) is 29.5 Å². The van der Waals surface area contributed by atoms with Crippen molar-refractivity contribution < 1.29 is 19.8 Å². The molecule has 0 radical (unpaired) electrons. The lowest BCUT2D eigenvalue weighted by molar-refractivity contribution is -0.117. The van der Waals surface area contributed by atoms with Gasteiger partial charge in [-0.25, -0.2) is 0 Å². The Bertz CT molecular complexity index is 1290. The Kier molecular flexibility index (Phi) is 8.56. The van der Waals surface area contributed by atoms with E-state index in [2.05, 4.69) is 25.4 Å². The van der Waals surface area contributed by atoms with Crippen LogP contribution in [0.3, 0.4) is 0 Å². The monoisotopic (exact) mass is 535 g/mol. The number of rotatable bonds is 8. The number of carbonyl (C=O) groups excluding carboxylic acids is 2. The van der Waals surface area contributed by atoms with Gasteiger partial charge in [-0.3, -0.25) is 14.4 Å². The number of carbonyl (C=O) groups is 2. The molecule has 0 saturated carbocycles. The molecule has 5 rings (SSSR count). The number of aliphatic hydroxyl groups is 2. The topological polar surface area (TPSA) is 138 Å². The number of nitrogens with zero attached hydrogens (tertiary/aromatic N) is 2. The molecule has 39 heavy (non-hydrogen) atoms. The van der Waals surface area contributed by atoms with Gasteiger partial charge in [-0.1, -0.05) is 0 Å². The Hall–Kier alpha value is -3.31. The number of fused-ring (bicyclic) bond motifs is 2. The van der Waals surface area contributed by atoms with Gasteiger partial charge in [-0.05, 0) is 62.1 Å². The normalized spacial score (nSPS) is 18.0. The summed E-state index contributed by atoms with van der Waals surface area (Å²) < 4.78 is 0. The van der Waals surface area contributed by atoms with Crippen LogP contribution in [0.5, 0.6) is 0 Å². The average Bonchev–Trinajstić information content (AvgIpc) is 2.93. The SMILES string of the molecule is O=C(CCN1CCC(O)CC1)Nc1ccc2[nH]c3ccc(NC(=O)CCN4CCC(O)CC4)cc3c(=O)c2c1. The molecule has 0 atom stereocenters. The predicted molar refractivity (Wildman–Crippen MR) is 152 cm³/mol. The summed E-state index contributed by atoms with van der Waals surface area (Å²) in [5, 5.41) is 26.0. The third kappa shape index (κ3) is 7.02. The van der Waals surface area contributed by atoms with Crippen molar-refractivity contribution in [2.45, 2.75) is 50.7 Å². The number of aliphatic hydroxyl groups excluding tert-OH is 2. The fourth-order valence-electron chi connectivity index (χ4n) is 5.38. The second kappa shape index (κ2) is 12.3. The average molecular weight is 536 g/mol. The van der Waals surface area contributed by atoms with Crippen LogP contribution in [0.25, 0.3) is 21.8 Å². The number of benzene rings is 2. The Labute approximate surface area is 227 Å². The molecule has 208 valence electrons. The molecular weight excluding hydrogens is 498 g/mol. The standard InChI is InChI=1S/C29H37N5O5/c35-21-5-11-33(12-6-21)15-9-27(37)30-19-1-3-25-23(17-19)29(39)24-18-20(2-4-26(24)32-25)31-28(38)10-16-34-13-7-22(36)8-14-34/h1-4,17-18,21-22,35-36H,5-16H2,(H,30,37)(H,31,38)(H,32,39). The van der Waals surface area contributed by atoms with Gasteiger partial charge in [0.1, 0.15) is 0 Å². The van der Waals surface area contributed by atoms with Crippen LogP contribution in [0.2, 0.25) is 0 Å². The van der Waals surface area contributed by atoms with Gasteiger partial charge < -0.3 is 35.6 Å². The minimum atomic E-state index is -0.241. The van der Waals surface area contributed by atoms with Crippen LogP contribution < -0.4 is 16.1 Å². The third-order valence-corrected chi connectivity index (χ3v) is 7.79. The van der Waals surface area contributed by atoms with Gasteiger partial charge in [0, 0.05) is 85.3 Å². The summed E-state index contributed by atoms with van der Waals surface area (Å²) in [6, 6.07) is 10.5. The molecule has 3 aromatic rings. The maximum Gasteiger partial charge on any atom is 0.225 e. The number of likely N-dealkylation sites (tertiary alicyclic amines) is 2. The van der Waals surface area contributed by atoms with Crippen molar-refractivity contribution in [2.24, 2.45) is 0 Å². The molecular formula is C29H37N5O5. The Morgan fingerprint density at radius 3 is 1.56 bits per heavy atom. The number of nitrogens with one attached hydrogen (secondary N) is 3.